The van der Waals surface area contributed by atoms with Crippen LogP contribution >= 0.6 is 0 Å². The van der Waals surface area contributed by atoms with Crippen molar-refractivity contribution < 1.29 is 24.3 Å². The summed E-state index contributed by atoms with van der Waals surface area (Å²) in [6.45, 7) is -0.176. The third kappa shape index (κ3) is 2.75. The van der Waals surface area contributed by atoms with Crippen molar-refractivity contribution in [1.82, 2.24) is 0 Å². The molecule has 18 heavy (non-hydrogen) atoms. The average Bonchev–Trinajstić information content (AvgIpc) is 2.37. The molecule has 1 rings (SSSR count). The lowest BCUT2D eigenvalue weighted by molar-refractivity contribution is -0.385. The second-order valence-corrected chi connectivity index (χ2v) is 3.42. The average molecular weight is 255 g/mol. The van der Waals surface area contributed by atoms with E-state index in [1.807, 2.05) is 0 Å². The van der Waals surface area contributed by atoms with Crippen molar-refractivity contribution in [3.63, 3.8) is 0 Å². The molecule has 0 aromatic heterocycles. The van der Waals surface area contributed by atoms with E-state index >= 15 is 0 Å². The van der Waals surface area contributed by atoms with E-state index < -0.39 is 10.9 Å². The number of nitro groups is 1. The topological polar surface area (TPSA) is 98.9 Å². The van der Waals surface area contributed by atoms with Gasteiger partial charge in [0.1, 0.15) is 5.56 Å². The Kier molecular flexibility index (Phi) is 4.61. The van der Waals surface area contributed by atoms with Crippen LogP contribution in [-0.4, -0.2) is 36.8 Å². The molecular formula is C11H13NO6. The van der Waals surface area contributed by atoms with Crippen LogP contribution in [0.5, 0.6) is 5.75 Å². The number of hydrogen-bond acceptors (Lipinski definition) is 6. The minimum atomic E-state index is -0.727. The molecular weight excluding hydrogens is 242 g/mol. The van der Waals surface area contributed by atoms with Gasteiger partial charge in [0.25, 0.3) is 0 Å². The fourth-order valence-electron chi connectivity index (χ4n) is 1.56. The van der Waals surface area contributed by atoms with E-state index in [4.69, 9.17) is 9.84 Å². The number of esters is 1. The fourth-order valence-corrected chi connectivity index (χ4v) is 1.56. The number of carbonyl (C=O) groups excluding carboxylic acids is 1. The summed E-state index contributed by atoms with van der Waals surface area (Å²) in [5, 5.41) is 19.8. The second-order valence-electron chi connectivity index (χ2n) is 3.42. The summed E-state index contributed by atoms with van der Waals surface area (Å²) < 4.78 is 9.43. The van der Waals surface area contributed by atoms with Crippen LogP contribution < -0.4 is 4.74 Å². The van der Waals surface area contributed by atoms with Gasteiger partial charge in [-0.1, -0.05) is 0 Å². The molecule has 0 aliphatic heterocycles. The number of nitro benzene ring substituents is 1. The van der Waals surface area contributed by atoms with Gasteiger partial charge in [0.2, 0.25) is 5.75 Å². The molecule has 1 aromatic carbocycles. The normalized spacial score (nSPS) is 9.94. The van der Waals surface area contributed by atoms with E-state index in [-0.39, 0.29) is 30.0 Å². The van der Waals surface area contributed by atoms with Crippen LogP contribution in [0.3, 0.4) is 0 Å². The molecule has 1 aromatic rings. The monoisotopic (exact) mass is 255 g/mol. The van der Waals surface area contributed by atoms with E-state index in [1.165, 1.54) is 26.4 Å². The highest BCUT2D eigenvalue weighted by Gasteiger charge is 2.24. The predicted molar refractivity (Wildman–Crippen MR) is 61.8 cm³/mol. The molecule has 0 radical (unpaired) electrons. The van der Waals surface area contributed by atoms with E-state index in [0.29, 0.717) is 5.56 Å². The van der Waals surface area contributed by atoms with Crippen LogP contribution in [0.2, 0.25) is 0 Å². The second kappa shape index (κ2) is 5.97. The summed E-state index contributed by atoms with van der Waals surface area (Å²) in [5.74, 6) is -0.872. The van der Waals surface area contributed by atoms with Crippen molar-refractivity contribution >= 4 is 11.7 Å². The molecule has 0 spiro atoms. The maximum Gasteiger partial charge on any atom is 0.341 e. The molecule has 0 unspecified atom stereocenters. The Morgan fingerprint density at radius 2 is 2.11 bits per heavy atom. The smallest absolute Gasteiger partial charge is 0.341 e. The number of hydrogen-bond donors (Lipinski definition) is 1. The summed E-state index contributed by atoms with van der Waals surface area (Å²) in [6.07, 6.45) is 0.203. The highest BCUT2D eigenvalue weighted by atomic mass is 16.6. The predicted octanol–water partition coefficient (Wildman–Crippen LogP) is 0.925. The Bertz CT molecular complexity index is 471. The summed E-state index contributed by atoms with van der Waals surface area (Å²) in [4.78, 5) is 21.8. The maximum absolute atomic E-state index is 11.5. The van der Waals surface area contributed by atoms with Crippen molar-refractivity contribution in [3.8, 4) is 5.75 Å². The van der Waals surface area contributed by atoms with Crippen LogP contribution in [0, 0.1) is 10.1 Å². The van der Waals surface area contributed by atoms with Gasteiger partial charge >= 0.3 is 11.7 Å². The molecule has 0 heterocycles. The Balaban J connectivity index is 3.45. The molecule has 7 nitrogen and oxygen atoms in total. The van der Waals surface area contributed by atoms with Crippen molar-refractivity contribution in [1.29, 1.82) is 0 Å². The number of ether oxygens (including phenoxy) is 2. The number of aliphatic hydroxyl groups excluding tert-OH is 1. The minimum Gasteiger partial charge on any atom is -0.490 e. The summed E-state index contributed by atoms with van der Waals surface area (Å²) >= 11 is 0. The van der Waals surface area contributed by atoms with E-state index in [9.17, 15) is 14.9 Å². The van der Waals surface area contributed by atoms with Gasteiger partial charge in [-0.15, -0.1) is 0 Å². The number of nitrogens with zero attached hydrogens (tertiary/aromatic N) is 1. The molecule has 1 N–H and O–H groups in total. The molecule has 0 atom stereocenters. The van der Waals surface area contributed by atoms with Crippen LogP contribution in [0.15, 0.2) is 12.1 Å². The third-order valence-corrected chi connectivity index (χ3v) is 2.34. The van der Waals surface area contributed by atoms with Gasteiger partial charge in [0.15, 0.2) is 0 Å². The van der Waals surface area contributed by atoms with Crippen LogP contribution in [0.4, 0.5) is 5.69 Å². The first kappa shape index (κ1) is 13.9. The molecule has 0 fully saturated rings. The van der Waals surface area contributed by atoms with E-state index in [2.05, 4.69) is 4.74 Å². The number of carbonyl (C=O) groups is 1. The molecule has 0 amide bonds. The zero-order valence-corrected chi connectivity index (χ0v) is 10.0. The molecule has 7 heteroatoms. The van der Waals surface area contributed by atoms with Gasteiger partial charge in [-0.3, -0.25) is 10.1 Å². The number of rotatable bonds is 5. The molecule has 0 aliphatic carbocycles. The standard InChI is InChI=1S/C11H13NO6/c1-17-10-8(11(14)18-2)5-7(3-4-13)6-9(10)12(15)16/h5-6,13H,3-4H2,1-2H3. The first-order chi connectivity index (χ1) is 8.54. The lowest BCUT2D eigenvalue weighted by atomic mass is 10.1. The number of aliphatic hydroxyl groups is 1. The summed E-state index contributed by atoms with van der Waals surface area (Å²) in [6, 6.07) is 2.68. The minimum absolute atomic E-state index is 0.0300. The maximum atomic E-state index is 11.5. The lowest BCUT2D eigenvalue weighted by Crippen LogP contribution is -2.08. The summed E-state index contributed by atoms with van der Waals surface area (Å²) in [7, 11) is 2.41. The van der Waals surface area contributed by atoms with Crippen LogP contribution in [0.25, 0.3) is 0 Å². The third-order valence-electron chi connectivity index (χ3n) is 2.34. The van der Waals surface area contributed by atoms with E-state index in [1.54, 1.807) is 0 Å². The highest BCUT2D eigenvalue weighted by Crippen LogP contribution is 2.33. The van der Waals surface area contributed by atoms with Gasteiger partial charge < -0.3 is 14.6 Å². The molecule has 0 saturated heterocycles. The Labute approximate surface area is 103 Å². The largest absolute Gasteiger partial charge is 0.490 e. The van der Waals surface area contributed by atoms with Crippen LogP contribution in [-0.2, 0) is 11.2 Å². The van der Waals surface area contributed by atoms with Gasteiger partial charge in [0.05, 0.1) is 19.1 Å². The Hall–Kier alpha value is -2.15. The van der Waals surface area contributed by atoms with Crippen molar-refractivity contribution in [3.05, 3.63) is 33.4 Å². The number of benzene rings is 1. The first-order valence-corrected chi connectivity index (χ1v) is 5.09. The fraction of sp³-hybridized carbons (Fsp3) is 0.364. The number of methoxy groups -OCH3 is 2. The zero-order chi connectivity index (χ0) is 13.7. The quantitative estimate of drug-likeness (QED) is 0.477. The first-order valence-electron chi connectivity index (χ1n) is 5.09. The highest BCUT2D eigenvalue weighted by molar-refractivity contribution is 5.94. The molecule has 0 aliphatic rings. The van der Waals surface area contributed by atoms with Gasteiger partial charge in [-0.2, -0.15) is 0 Å². The Morgan fingerprint density at radius 1 is 1.44 bits per heavy atom. The van der Waals surface area contributed by atoms with Crippen molar-refractivity contribution in [2.45, 2.75) is 6.42 Å². The van der Waals surface area contributed by atoms with Crippen LogP contribution in [0.1, 0.15) is 15.9 Å². The van der Waals surface area contributed by atoms with Gasteiger partial charge in [0, 0.05) is 12.7 Å². The molecule has 0 saturated carbocycles. The summed E-state index contributed by atoms with van der Waals surface area (Å²) in [5.41, 5.74) is 0.104. The zero-order valence-electron chi connectivity index (χ0n) is 10.0. The molecule has 98 valence electrons. The van der Waals surface area contributed by atoms with E-state index in [0.717, 1.165) is 0 Å². The van der Waals surface area contributed by atoms with Crippen molar-refractivity contribution in [2.24, 2.45) is 0 Å². The Morgan fingerprint density at radius 3 is 2.56 bits per heavy atom. The lowest BCUT2D eigenvalue weighted by Gasteiger charge is -2.09. The van der Waals surface area contributed by atoms with Gasteiger partial charge in [-0.25, -0.2) is 4.79 Å². The SMILES string of the molecule is COC(=O)c1cc(CCO)cc([N+](=O)[O-])c1OC. The molecule has 0 bridgehead atoms. The van der Waals surface area contributed by atoms with Gasteiger partial charge in [-0.05, 0) is 18.1 Å². The van der Waals surface area contributed by atoms with Crippen molar-refractivity contribution in [2.75, 3.05) is 20.8 Å².